The molecule has 0 spiro atoms. The van der Waals surface area contributed by atoms with Crippen LogP contribution in [0.25, 0.3) is 0 Å². The molecule has 0 saturated carbocycles. The Bertz CT molecular complexity index is 721. The molecule has 6 nitrogen and oxygen atoms in total. The van der Waals surface area contributed by atoms with Gasteiger partial charge in [-0.25, -0.2) is 4.39 Å². The monoisotopic (exact) mass is 336 g/mol. The van der Waals surface area contributed by atoms with Gasteiger partial charge in [-0.3, -0.25) is 9.59 Å². The fourth-order valence-electron chi connectivity index (χ4n) is 2.85. The number of halogens is 1. The van der Waals surface area contributed by atoms with E-state index in [9.17, 15) is 9.18 Å². The lowest BCUT2D eigenvalue weighted by Crippen LogP contribution is -2.38. The highest BCUT2D eigenvalue weighted by atomic mass is 19.1. The Balaban J connectivity index is 0.000000471. The van der Waals surface area contributed by atoms with Gasteiger partial charge in [0.15, 0.2) is 0 Å². The molecule has 2 atom stereocenters. The van der Waals surface area contributed by atoms with Gasteiger partial charge in [0, 0.05) is 24.9 Å². The highest BCUT2D eigenvalue weighted by Gasteiger charge is 2.26. The molecule has 0 unspecified atom stereocenters. The molecule has 1 fully saturated rings. The zero-order valence-electron chi connectivity index (χ0n) is 13.4. The first-order valence-corrected chi connectivity index (χ1v) is 7.80. The van der Waals surface area contributed by atoms with E-state index in [0.29, 0.717) is 12.2 Å². The molecule has 3 rings (SSSR count). The quantitative estimate of drug-likeness (QED) is 0.799. The second kappa shape index (κ2) is 8.44. The third-order valence-corrected chi connectivity index (χ3v) is 3.86. The number of carboxylic acids is 1. The number of carboxylic acid groups (broad SMARTS) is 1. The topological polar surface area (TPSA) is 95.3 Å². The van der Waals surface area contributed by atoms with Crippen LogP contribution in [0.3, 0.4) is 0 Å². The van der Waals surface area contributed by atoms with Gasteiger partial charge >= 0.3 is 0 Å². The third kappa shape index (κ3) is 5.34. The standard InChI is InChI=1S/C15H17FN2O2.C2H4O2/c16-13-4-2-1-3-10(13)7-12-8-11(5-6-17-12)14-9-15(19)18-20-14;1-2(3)4/h1-4,9,11-12,17H,5-8H2,(H,18,19);1H3,(H,3,4)/t11-,12+;/m1./s1. The second-order valence-electron chi connectivity index (χ2n) is 5.80. The van der Waals surface area contributed by atoms with Crippen molar-refractivity contribution in [3.63, 3.8) is 0 Å². The number of piperidine rings is 1. The van der Waals surface area contributed by atoms with Gasteiger partial charge in [-0.2, -0.15) is 5.16 Å². The fraction of sp³-hybridized carbons (Fsp3) is 0.412. The summed E-state index contributed by atoms with van der Waals surface area (Å²) in [6, 6.07) is 8.56. The van der Waals surface area contributed by atoms with Crippen molar-refractivity contribution in [2.75, 3.05) is 6.54 Å². The van der Waals surface area contributed by atoms with Gasteiger partial charge < -0.3 is 14.9 Å². The molecule has 1 aromatic heterocycles. The van der Waals surface area contributed by atoms with E-state index in [-0.39, 0.29) is 23.3 Å². The van der Waals surface area contributed by atoms with E-state index in [0.717, 1.165) is 31.9 Å². The smallest absolute Gasteiger partial charge is 0.300 e. The van der Waals surface area contributed by atoms with E-state index in [1.54, 1.807) is 6.07 Å². The summed E-state index contributed by atoms with van der Waals surface area (Å²) in [6.07, 6.45) is 2.42. The average molecular weight is 336 g/mol. The average Bonchev–Trinajstić information content (AvgIpc) is 2.96. The maximum Gasteiger partial charge on any atom is 0.300 e. The van der Waals surface area contributed by atoms with E-state index in [1.807, 2.05) is 12.1 Å². The second-order valence-corrected chi connectivity index (χ2v) is 5.80. The number of aromatic nitrogens is 1. The molecule has 0 bridgehead atoms. The number of rotatable bonds is 3. The SMILES string of the molecule is CC(=O)O.O=c1cc([C@@H]2CCN[C@@H](Cc3ccccc3F)C2)o[nH]1. The normalized spacial score (nSPS) is 20.1. The van der Waals surface area contributed by atoms with Crippen LogP contribution in [0.2, 0.25) is 0 Å². The van der Waals surface area contributed by atoms with Crippen molar-refractivity contribution >= 4 is 5.97 Å². The van der Waals surface area contributed by atoms with E-state index in [1.165, 1.54) is 12.1 Å². The van der Waals surface area contributed by atoms with Gasteiger partial charge in [-0.05, 0) is 37.4 Å². The van der Waals surface area contributed by atoms with E-state index < -0.39 is 5.97 Å². The van der Waals surface area contributed by atoms with Crippen molar-refractivity contribution in [2.45, 2.75) is 38.1 Å². The molecule has 1 saturated heterocycles. The lowest BCUT2D eigenvalue weighted by Gasteiger charge is -2.29. The van der Waals surface area contributed by atoms with Gasteiger partial charge in [-0.1, -0.05) is 18.2 Å². The predicted octanol–water partition coefficient (Wildman–Crippen LogP) is 2.28. The van der Waals surface area contributed by atoms with Crippen LogP contribution in [0.4, 0.5) is 4.39 Å². The Morgan fingerprint density at radius 1 is 1.42 bits per heavy atom. The van der Waals surface area contributed by atoms with Crippen molar-refractivity contribution in [3.8, 4) is 0 Å². The number of nitrogens with one attached hydrogen (secondary N) is 2. The van der Waals surface area contributed by atoms with Crippen LogP contribution in [-0.2, 0) is 11.2 Å². The first-order chi connectivity index (χ1) is 11.5. The summed E-state index contributed by atoms with van der Waals surface area (Å²) in [4.78, 5) is 20.1. The minimum absolute atomic E-state index is 0.162. The summed E-state index contributed by atoms with van der Waals surface area (Å²) in [5.41, 5.74) is 0.519. The van der Waals surface area contributed by atoms with Crippen LogP contribution < -0.4 is 10.9 Å². The maximum atomic E-state index is 13.7. The van der Waals surface area contributed by atoms with Crippen molar-refractivity contribution in [2.24, 2.45) is 0 Å². The molecular formula is C17H21FN2O4. The van der Waals surface area contributed by atoms with Gasteiger partial charge in [0.2, 0.25) is 0 Å². The first kappa shape index (κ1) is 17.9. The molecule has 0 radical (unpaired) electrons. The summed E-state index contributed by atoms with van der Waals surface area (Å²) in [6.45, 7) is 1.93. The van der Waals surface area contributed by atoms with Gasteiger partial charge in [-0.15, -0.1) is 0 Å². The first-order valence-electron chi connectivity index (χ1n) is 7.80. The molecule has 0 amide bonds. The Hall–Kier alpha value is -2.41. The predicted molar refractivity (Wildman–Crippen MR) is 86.5 cm³/mol. The Labute approximate surface area is 138 Å². The van der Waals surface area contributed by atoms with E-state index >= 15 is 0 Å². The van der Waals surface area contributed by atoms with Gasteiger partial charge in [0.1, 0.15) is 11.6 Å². The maximum absolute atomic E-state index is 13.7. The summed E-state index contributed by atoms with van der Waals surface area (Å²) >= 11 is 0. The van der Waals surface area contributed by atoms with Crippen molar-refractivity contribution in [1.29, 1.82) is 0 Å². The summed E-state index contributed by atoms with van der Waals surface area (Å²) in [5.74, 6) is -0.0772. The lowest BCUT2D eigenvalue weighted by molar-refractivity contribution is -0.134. The molecule has 7 heteroatoms. The number of benzene rings is 1. The van der Waals surface area contributed by atoms with Gasteiger partial charge in [0.25, 0.3) is 11.5 Å². The van der Waals surface area contributed by atoms with Crippen LogP contribution in [0.1, 0.15) is 37.0 Å². The molecular weight excluding hydrogens is 315 g/mol. The van der Waals surface area contributed by atoms with Crippen molar-refractivity contribution in [1.82, 2.24) is 10.5 Å². The van der Waals surface area contributed by atoms with Crippen LogP contribution in [-0.4, -0.2) is 28.8 Å². The van der Waals surface area contributed by atoms with Crippen LogP contribution in [0, 0.1) is 5.82 Å². The number of aliphatic carboxylic acids is 1. The zero-order chi connectivity index (χ0) is 17.5. The summed E-state index contributed by atoms with van der Waals surface area (Å²) in [5, 5.41) is 13.1. The highest BCUT2D eigenvalue weighted by Crippen LogP contribution is 2.28. The minimum atomic E-state index is -0.833. The minimum Gasteiger partial charge on any atom is -0.481 e. The zero-order valence-corrected chi connectivity index (χ0v) is 13.4. The van der Waals surface area contributed by atoms with Crippen molar-refractivity contribution in [3.05, 3.63) is 57.8 Å². The number of H-pyrrole nitrogens is 1. The van der Waals surface area contributed by atoms with E-state index in [2.05, 4.69) is 10.5 Å². The summed E-state index contributed by atoms with van der Waals surface area (Å²) in [7, 11) is 0. The molecule has 24 heavy (non-hydrogen) atoms. The van der Waals surface area contributed by atoms with E-state index in [4.69, 9.17) is 14.4 Å². The third-order valence-electron chi connectivity index (χ3n) is 3.86. The summed E-state index contributed by atoms with van der Waals surface area (Å²) < 4.78 is 18.9. The van der Waals surface area contributed by atoms with Crippen LogP contribution >= 0.6 is 0 Å². The lowest BCUT2D eigenvalue weighted by atomic mass is 9.87. The molecule has 1 aliphatic rings. The molecule has 2 heterocycles. The van der Waals surface area contributed by atoms with Gasteiger partial charge in [0.05, 0.1) is 0 Å². The van der Waals surface area contributed by atoms with Crippen LogP contribution in [0.5, 0.6) is 0 Å². The molecule has 130 valence electrons. The largest absolute Gasteiger partial charge is 0.481 e. The number of carbonyl (C=O) groups is 1. The molecule has 0 aliphatic carbocycles. The molecule has 1 aliphatic heterocycles. The number of hydrogen-bond acceptors (Lipinski definition) is 4. The Kier molecular flexibility index (Phi) is 6.31. The highest BCUT2D eigenvalue weighted by molar-refractivity contribution is 5.62. The molecule has 3 N–H and O–H groups in total. The van der Waals surface area contributed by atoms with Crippen LogP contribution in [0.15, 0.2) is 39.6 Å². The van der Waals surface area contributed by atoms with Crippen molar-refractivity contribution < 1.29 is 18.8 Å². The number of hydrogen-bond donors (Lipinski definition) is 3. The molecule has 2 aromatic rings. The Morgan fingerprint density at radius 2 is 2.12 bits per heavy atom. The Morgan fingerprint density at radius 3 is 2.75 bits per heavy atom. The number of aromatic amines is 1. The molecule has 1 aromatic carbocycles. The fourth-order valence-corrected chi connectivity index (χ4v) is 2.85.